The van der Waals surface area contributed by atoms with Gasteiger partial charge in [-0.3, -0.25) is 0 Å². The molecular formula is C8H5BrN2O3S. The van der Waals surface area contributed by atoms with E-state index in [4.69, 9.17) is 9.63 Å². The molecule has 15 heavy (non-hydrogen) atoms. The SMILES string of the molecule is Cc1cc(-c2nc(C(=O)O)no2)sc1Br. The van der Waals surface area contributed by atoms with E-state index in [1.165, 1.54) is 11.3 Å². The molecule has 0 radical (unpaired) electrons. The standard InChI is InChI=1S/C8H5BrN2O3S/c1-3-2-4(15-5(3)9)7-10-6(8(12)13)11-14-7/h2H,1H3,(H,12,13). The van der Waals surface area contributed by atoms with Gasteiger partial charge in [0.2, 0.25) is 0 Å². The average Bonchev–Trinajstić information content (AvgIpc) is 2.74. The van der Waals surface area contributed by atoms with Crippen molar-refractivity contribution in [1.29, 1.82) is 0 Å². The first-order chi connectivity index (χ1) is 7.08. The Hall–Kier alpha value is -1.21. The summed E-state index contributed by atoms with van der Waals surface area (Å²) in [6, 6.07) is 1.86. The Kier molecular flexibility index (Phi) is 2.57. The van der Waals surface area contributed by atoms with Crippen LogP contribution in [0.4, 0.5) is 0 Å². The van der Waals surface area contributed by atoms with Crippen molar-refractivity contribution in [2.24, 2.45) is 0 Å². The quantitative estimate of drug-likeness (QED) is 0.919. The van der Waals surface area contributed by atoms with Crippen molar-refractivity contribution in [2.75, 3.05) is 0 Å². The molecule has 2 aromatic heterocycles. The molecule has 2 aromatic rings. The van der Waals surface area contributed by atoms with Crippen molar-refractivity contribution in [1.82, 2.24) is 10.1 Å². The van der Waals surface area contributed by atoms with Crippen molar-refractivity contribution in [3.8, 4) is 10.8 Å². The summed E-state index contributed by atoms with van der Waals surface area (Å²) in [6.45, 7) is 1.93. The van der Waals surface area contributed by atoms with Crippen LogP contribution in [0.15, 0.2) is 14.4 Å². The number of carbonyl (C=O) groups is 1. The minimum Gasteiger partial charge on any atom is -0.475 e. The summed E-state index contributed by atoms with van der Waals surface area (Å²) in [4.78, 5) is 15.0. The molecule has 0 aromatic carbocycles. The number of halogens is 1. The van der Waals surface area contributed by atoms with Crippen LogP contribution in [-0.2, 0) is 0 Å². The number of rotatable bonds is 2. The molecule has 2 heterocycles. The topological polar surface area (TPSA) is 76.2 Å². The Balaban J connectivity index is 2.41. The second-order valence-corrected chi connectivity index (χ2v) is 5.17. The van der Waals surface area contributed by atoms with E-state index >= 15 is 0 Å². The van der Waals surface area contributed by atoms with Gasteiger partial charge in [0.1, 0.15) is 0 Å². The number of carboxylic acid groups (broad SMARTS) is 1. The Morgan fingerprint density at radius 1 is 1.67 bits per heavy atom. The molecule has 0 saturated heterocycles. The molecule has 0 aliphatic heterocycles. The van der Waals surface area contributed by atoms with Gasteiger partial charge in [-0.15, -0.1) is 11.3 Å². The van der Waals surface area contributed by atoms with E-state index in [1.807, 2.05) is 13.0 Å². The fourth-order valence-corrected chi connectivity index (χ4v) is 2.43. The lowest BCUT2D eigenvalue weighted by Gasteiger charge is -1.82. The highest BCUT2D eigenvalue weighted by Gasteiger charge is 2.16. The maximum atomic E-state index is 10.5. The van der Waals surface area contributed by atoms with E-state index in [0.717, 1.165) is 14.2 Å². The van der Waals surface area contributed by atoms with E-state index in [9.17, 15) is 4.79 Å². The molecule has 2 rings (SSSR count). The zero-order valence-corrected chi connectivity index (χ0v) is 9.92. The van der Waals surface area contributed by atoms with Crippen LogP contribution in [0.2, 0.25) is 0 Å². The summed E-state index contributed by atoms with van der Waals surface area (Å²) in [7, 11) is 0. The minimum absolute atomic E-state index is 0.228. The molecule has 0 aliphatic rings. The van der Waals surface area contributed by atoms with Gasteiger partial charge >= 0.3 is 5.97 Å². The van der Waals surface area contributed by atoms with Crippen molar-refractivity contribution in [2.45, 2.75) is 6.92 Å². The number of hydrogen-bond acceptors (Lipinski definition) is 5. The van der Waals surface area contributed by atoms with Crippen LogP contribution in [0.3, 0.4) is 0 Å². The molecule has 0 aliphatic carbocycles. The summed E-state index contributed by atoms with van der Waals surface area (Å²) in [5.74, 6) is -1.30. The number of thiophene rings is 1. The third kappa shape index (κ3) is 1.93. The van der Waals surface area contributed by atoms with Crippen molar-refractivity contribution >= 4 is 33.2 Å². The predicted octanol–water partition coefficient (Wildman–Crippen LogP) is 2.57. The zero-order valence-electron chi connectivity index (χ0n) is 7.52. The molecule has 5 nitrogen and oxygen atoms in total. The van der Waals surface area contributed by atoms with Crippen molar-refractivity contribution in [3.63, 3.8) is 0 Å². The molecular weight excluding hydrogens is 284 g/mol. The summed E-state index contributed by atoms with van der Waals surface area (Å²) in [6.07, 6.45) is 0. The highest BCUT2D eigenvalue weighted by molar-refractivity contribution is 9.11. The fraction of sp³-hybridized carbons (Fsp3) is 0.125. The Labute approximate surface area is 96.9 Å². The first-order valence-corrected chi connectivity index (χ1v) is 5.52. The van der Waals surface area contributed by atoms with Crippen molar-refractivity contribution < 1.29 is 14.4 Å². The molecule has 1 N–H and O–H groups in total. The maximum absolute atomic E-state index is 10.5. The van der Waals surface area contributed by atoms with Crippen LogP contribution in [0, 0.1) is 6.92 Å². The molecule has 0 amide bonds. The van der Waals surface area contributed by atoms with Crippen LogP contribution < -0.4 is 0 Å². The van der Waals surface area contributed by atoms with Gasteiger partial charge in [-0.1, -0.05) is 0 Å². The fourth-order valence-electron chi connectivity index (χ4n) is 0.976. The number of carboxylic acids is 1. The summed E-state index contributed by atoms with van der Waals surface area (Å²) >= 11 is 4.78. The highest BCUT2D eigenvalue weighted by atomic mass is 79.9. The Bertz CT molecular complexity index is 500. The highest BCUT2D eigenvalue weighted by Crippen LogP contribution is 2.33. The minimum atomic E-state index is -1.20. The van der Waals surface area contributed by atoms with Crippen LogP contribution in [0.5, 0.6) is 0 Å². The molecule has 0 bridgehead atoms. The van der Waals surface area contributed by atoms with Crippen molar-refractivity contribution in [3.05, 3.63) is 21.2 Å². The van der Waals surface area contributed by atoms with E-state index < -0.39 is 5.97 Å². The zero-order chi connectivity index (χ0) is 11.0. The molecule has 0 spiro atoms. The second-order valence-electron chi connectivity index (χ2n) is 2.80. The Morgan fingerprint density at radius 3 is 2.87 bits per heavy atom. The molecule has 78 valence electrons. The van der Waals surface area contributed by atoms with Gasteiger partial charge in [-0.25, -0.2) is 4.79 Å². The lowest BCUT2D eigenvalue weighted by atomic mass is 10.3. The van der Waals surface area contributed by atoms with E-state index in [1.54, 1.807) is 0 Å². The summed E-state index contributed by atoms with van der Waals surface area (Å²) in [5, 5.41) is 12.0. The monoisotopic (exact) mass is 288 g/mol. The lowest BCUT2D eigenvalue weighted by molar-refractivity contribution is 0.0680. The van der Waals surface area contributed by atoms with Gasteiger partial charge in [-0.2, -0.15) is 4.98 Å². The number of aromatic nitrogens is 2. The smallest absolute Gasteiger partial charge is 0.377 e. The first kappa shape index (κ1) is 10.3. The van der Waals surface area contributed by atoms with Gasteiger partial charge in [0, 0.05) is 0 Å². The number of aromatic carboxylic acids is 1. The molecule has 0 fully saturated rings. The molecule has 0 saturated carbocycles. The lowest BCUT2D eigenvalue weighted by Crippen LogP contribution is -1.97. The number of hydrogen-bond donors (Lipinski definition) is 1. The van der Waals surface area contributed by atoms with Gasteiger partial charge in [-0.05, 0) is 39.6 Å². The van der Waals surface area contributed by atoms with E-state index in [2.05, 4.69) is 26.1 Å². The third-order valence-electron chi connectivity index (χ3n) is 1.69. The maximum Gasteiger partial charge on any atom is 0.377 e. The molecule has 0 unspecified atom stereocenters. The van der Waals surface area contributed by atoms with Crippen LogP contribution in [0.25, 0.3) is 10.8 Å². The van der Waals surface area contributed by atoms with Gasteiger partial charge < -0.3 is 9.63 Å². The van der Waals surface area contributed by atoms with E-state index in [0.29, 0.717) is 0 Å². The molecule has 0 atom stereocenters. The Morgan fingerprint density at radius 2 is 2.40 bits per heavy atom. The molecule has 7 heteroatoms. The van der Waals surface area contributed by atoms with Crippen LogP contribution >= 0.6 is 27.3 Å². The first-order valence-electron chi connectivity index (χ1n) is 3.91. The average molecular weight is 289 g/mol. The number of nitrogens with zero attached hydrogens (tertiary/aromatic N) is 2. The summed E-state index contributed by atoms with van der Waals surface area (Å²) in [5.41, 5.74) is 1.05. The predicted molar refractivity (Wildman–Crippen MR) is 57.0 cm³/mol. The largest absolute Gasteiger partial charge is 0.475 e. The van der Waals surface area contributed by atoms with Crippen LogP contribution in [-0.4, -0.2) is 21.2 Å². The third-order valence-corrected chi connectivity index (χ3v) is 3.81. The number of aryl methyl sites for hydroxylation is 1. The second kappa shape index (κ2) is 3.74. The van der Waals surface area contributed by atoms with Gasteiger partial charge in [0.15, 0.2) is 0 Å². The summed E-state index contributed by atoms with van der Waals surface area (Å²) < 4.78 is 5.79. The van der Waals surface area contributed by atoms with Crippen LogP contribution in [0.1, 0.15) is 16.2 Å². The van der Waals surface area contributed by atoms with Gasteiger partial charge in [0.05, 0.1) is 8.66 Å². The van der Waals surface area contributed by atoms with E-state index in [-0.39, 0.29) is 11.7 Å². The normalized spacial score (nSPS) is 10.5. The van der Waals surface area contributed by atoms with Gasteiger partial charge in [0.25, 0.3) is 11.7 Å².